The van der Waals surface area contributed by atoms with Crippen molar-refractivity contribution in [2.45, 2.75) is 45.3 Å². The van der Waals surface area contributed by atoms with Crippen molar-refractivity contribution in [1.82, 2.24) is 9.88 Å². The minimum absolute atomic E-state index is 0.423. The maximum atomic E-state index is 13.0. The number of rotatable bonds is 5. The van der Waals surface area contributed by atoms with E-state index in [1.807, 2.05) is 36.6 Å². The number of aromatic nitrogens is 1. The molecule has 0 bridgehead atoms. The molecular weight excluding hydrogens is 388 g/mol. The second kappa shape index (κ2) is 8.39. The fourth-order valence-electron chi connectivity index (χ4n) is 4.12. The van der Waals surface area contributed by atoms with Gasteiger partial charge in [0.2, 0.25) is 0 Å². The number of nitrogens with one attached hydrogen (secondary N) is 1. The summed E-state index contributed by atoms with van der Waals surface area (Å²) >= 11 is 0. The predicted octanol–water partition coefficient (Wildman–Crippen LogP) is 2.62. The summed E-state index contributed by atoms with van der Waals surface area (Å²) in [7, 11) is 0. The van der Waals surface area contributed by atoms with E-state index >= 15 is 0 Å². The average molecular weight is 414 g/mol. The third-order valence-corrected chi connectivity index (χ3v) is 5.60. The lowest BCUT2D eigenvalue weighted by atomic mass is 10.0. The Hall–Kier alpha value is -3.00. The van der Waals surface area contributed by atoms with Gasteiger partial charge in [-0.05, 0) is 51.3 Å². The molecular formula is C22H26N2O6. The number of nitrogens with zero attached hydrogens (tertiary/aromatic N) is 1. The van der Waals surface area contributed by atoms with Crippen LogP contribution in [0, 0.1) is 13.8 Å². The standard InChI is InChI=1S/C22H26N2O6/c1-13-11-16(21(25)23-20(22(26)27)18-5-3-4-8-28-18)14(2)24(13)15-6-7-17-19(12-15)30-10-9-29-17/h6-7,11-12,18,20H,3-5,8-10H2,1-2H3,(H,23,25)(H,26,27). The lowest BCUT2D eigenvalue weighted by Gasteiger charge is -2.28. The molecule has 8 heteroatoms. The van der Waals surface area contributed by atoms with Gasteiger partial charge in [-0.3, -0.25) is 4.79 Å². The molecule has 3 heterocycles. The van der Waals surface area contributed by atoms with Crippen LogP contribution in [0.4, 0.5) is 0 Å². The number of ether oxygens (including phenoxy) is 3. The lowest BCUT2D eigenvalue weighted by molar-refractivity contribution is -0.144. The quantitative estimate of drug-likeness (QED) is 0.780. The molecule has 2 aromatic rings. The van der Waals surface area contributed by atoms with E-state index in [0.717, 1.165) is 29.9 Å². The highest BCUT2D eigenvalue weighted by Crippen LogP contribution is 2.33. The number of carboxylic acids is 1. The van der Waals surface area contributed by atoms with Crippen molar-refractivity contribution < 1.29 is 28.9 Å². The molecule has 2 atom stereocenters. The van der Waals surface area contributed by atoms with E-state index in [2.05, 4.69) is 5.32 Å². The molecule has 2 N–H and O–H groups in total. The van der Waals surface area contributed by atoms with E-state index in [1.54, 1.807) is 6.07 Å². The minimum atomic E-state index is -1.09. The monoisotopic (exact) mass is 414 g/mol. The van der Waals surface area contributed by atoms with E-state index in [0.29, 0.717) is 43.3 Å². The van der Waals surface area contributed by atoms with Crippen LogP contribution in [0.1, 0.15) is 41.0 Å². The van der Waals surface area contributed by atoms with Crippen LogP contribution in [0.2, 0.25) is 0 Å². The molecule has 2 unspecified atom stereocenters. The van der Waals surface area contributed by atoms with E-state index in [9.17, 15) is 14.7 Å². The molecule has 1 aromatic heterocycles. The van der Waals surface area contributed by atoms with Crippen LogP contribution in [0.5, 0.6) is 11.5 Å². The van der Waals surface area contributed by atoms with E-state index < -0.39 is 24.0 Å². The van der Waals surface area contributed by atoms with Gasteiger partial charge >= 0.3 is 5.97 Å². The molecule has 2 aliphatic rings. The Labute approximate surface area is 174 Å². The van der Waals surface area contributed by atoms with Gasteiger partial charge in [0.15, 0.2) is 17.5 Å². The molecule has 1 fully saturated rings. The SMILES string of the molecule is Cc1cc(C(=O)NC(C(=O)O)C2CCCCO2)c(C)n1-c1ccc2c(c1)OCCO2. The second-order valence-electron chi connectivity index (χ2n) is 7.64. The van der Waals surface area contributed by atoms with Gasteiger partial charge in [-0.1, -0.05) is 0 Å². The molecule has 1 saturated heterocycles. The van der Waals surface area contributed by atoms with E-state index in [4.69, 9.17) is 14.2 Å². The molecule has 1 aromatic carbocycles. The highest BCUT2D eigenvalue weighted by Gasteiger charge is 2.33. The molecule has 0 aliphatic carbocycles. The van der Waals surface area contributed by atoms with Crippen LogP contribution in [0.3, 0.4) is 0 Å². The van der Waals surface area contributed by atoms with Gasteiger partial charge in [-0.25, -0.2) is 4.79 Å². The largest absolute Gasteiger partial charge is 0.486 e. The van der Waals surface area contributed by atoms with Gasteiger partial charge in [0, 0.05) is 29.7 Å². The third-order valence-electron chi connectivity index (χ3n) is 5.60. The van der Waals surface area contributed by atoms with Gasteiger partial charge < -0.3 is 29.2 Å². The van der Waals surface area contributed by atoms with Gasteiger partial charge in [0.25, 0.3) is 5.91 Å². The van der Waals surface area contributed by atoms with Crippen LogP contribution in [0.15, 0.2) is 24.3 Å². The Balaban J connectivity index is 1.59. The number of carbonyl (C=O) groups is 2. The number of carboxylic acid groups (broad SMARTS) is 1. The smallest absolute Gasteiger partial charge is 0.328 e. The zero-order valence-electron chi connectivity index (χ0n) is 17.1. The molecule has 0 spiro atoms. The number of aryl methyl sites for hydroxylation is 1. The Bertz CT molecular complexity index is 961. The summed E-state index contributed by atoms with van der Waals surface area (Å²) in [6, 6.07) is 6.33. The van der Waals surface area contributed by atoms with Crippen molar-refractivity contribution in [1.29, 1.82) is 0 Å². The molecule has 30 heavy (non-hydrogen) atoms. The van der Waals surface area contributed by atoms with Crippen molar-refractivity contribution in [3.05, 3.63) is 41.2 Å². The van der Waals surface area contributed by atoms with Gasteiger partial charge in [0.1, 0.15) is 13.2 Å². The number of benzene rings is 1. The number of fused-ring (bicyclic) bond motifs is 1. The predicted molar refractivity (Wildman–Crippen MR) is 109 cm³/mol. The first-order chi connectivity index (χ1) is 14.5. The first kappa shape index (κ1) is 20.3. The maximum Gasteiger partial charge on any atom is 0.328 e. The molecule has 4 rings (SSSR count). The Morgan fingerprint density at radius 1 is 1.10 bits per heavy atom. The first-order valence-corrected chi connectivity index (χ1v) is 10.2. The molecule has 0 saturated carbocycles. The average Bonchev–Trinajstić information content (AvgIpc) is 3.06. The fraction of sp³-hybridized carbons (Fsp3) is 0.455. The Kier molecular flexibility index (Phi) is 5.67. The van der Waals surface area contributed by atoms with Crippen molar-refractivity contribution in [3.8, 4) is 17.2 Å². The number of hydrogen-bond acceptors (Lipinski definition) is 5. The molecule has 160 valence electrons. The normalized spacial score (nSPS) is 19.2. The minimum Gasteiger partial charge on any atom is -0.486 e. The summed E-state index contributed by atoms with van der Waals surface area (Å²) in [6.07, 6.45) is 1.91. The number of hydrogen-bond donors (Lipinski definition) is 2. The zero-order chi connectivity index (χ0) is 21.3. The molecule has 1 amide bonds. The summed E-state index contributed by atoms with van der Waals surface area (Å²) in [5.74, 6) is -0.149. The van der Waals surface area contributed by atoms with Gasteiger partial charge in [-0.2, -0.15) is 0 Å². The van der Waals surface area contributed by atoms with Crippen LogP contribution in [0.25, 0.3) is 5.69 Å². The van der Waals surface area contributed by atoms with Crippen molar-refractivity contribution >= 4 is 11.9 Å². The summed E-state index contributed by atoms with van der Waals surface area (Å²) in [5.41, 5.74) is 2.86. The van der Waals surface area contributed by atoms with Crippen LogP contribution < -0.4 is 14.8 Å². The Morgan fingerprint density at radius 2 is 1.87 bits per heavy atom. The van der Waals surface area contributed by atoms with E-state index in [1.165, 1.54) is 0 Å². The summed E-state index contributed by atoms with van der Waals surface area (Å²) in [5, 5.41) is 12.3. The first-order valence-electron chi connectivity index (χ1n) is 10.2. The Morgan fingerprint density at radius 3 is 2.57 bits per heavy atom. The third kappa shape index (κ3) is 3.87. The van der Waals surface area contributed by atoms with Crippen molar-refractivity contribution in [2.75, 3.05) is 19.8 Å². The number of aliphatic carboxylic acids is 1. The fourth-order valence-corrected chi connectivity index (χ4v) is 4.12. The van der Waals surface area contributed by atoms with Crippen molar-refractivity contribution in [2.24, 2.45) is 0 Å². The molecule has 2 aliphatic heterocycles. The highest BCUT2D eigenvalue weighted by molar-refractivity contribution is 5.98. The maximum absolute atomic E-state index is 13.0. The zero-order valence-corrected chi connectivity index (χ0v) is 17.1. The van der Waals surface area contributed by atoms with Gasteiger partial charge in [-0.15, -0.1) is 0 Å². The topological polar surface area (TPSA) is 99.0 Å². The highest BCUT2D eigenvalue weighted by atomic mass is 16.6. The van der Waals surface area contributed by atoms with Crippen LogP contribution >= 0.6 is 0 Å². The van der Waals surface area contributed by atoms with Gasteiger partial charge in [0.05, 0.1) is 11.7 Å². The molecule has 8 nitrogen and oxygen atoms in total. The van der Waals surface area contributed by atoms with Crippen LogP contribution in [-0.4, -0.2) is 53.5 Å². The second-order valence-corrected chi connectivity index (χ2v) is 7.64. The lowest BCUT2D eigenvalue weighted by Crippen LogP contribution is -2.50. The molecule has 0 radical (unpaired) electrons. The number of carbonyl (C=O) groups excluding carboxylic acids is 1. The summed E-state index contributed by atoms with van der Waals surface area (Å²) < 4.78 is 18.8. The van der Waals surface area contributed by atoms with Crippen LogP contribution in [-0.2, 0) is 9.53 Å². The van der Waals surface area contributed by atoms with Crippen molar-refractivity contribution in [3.63, 3.8) is 0 Å². The summed E-state index contributed by atoms with van der Waals surface area (Å²) in [6.45, 7) is 5.27. The van der Waals surface area contributed by atoms with E-state index in [-0.39, 0.29) is 0 Å². The summed E-state index contributed by atoms with van der Waals surface area (Å²) in [4.78, 5) is 24.7. The number of amides is 1.